The van der Waals surface area contributed by atoms with Gasteiger partial charge in [-0.15, -0.1) is 0 Å². The van der Waals surface area contributed by atoms with E-state index in [0.29, 0.717) is 40.9 Å². The van der Waals surface area contributed by atoms with Gasteiger partial charge in [0.25, 0.3) is 0 Å². The first-order valence-electron chi connectivity index (χ1n) is 13.2. The van der Waals surface area contributed by atoms with Crippen molar-refractivity contribution >= 4 is 28.9 Å². The summed E-state index contributed by atoms with van der Waals surface area (Å²) in [6, 6.07) is 16.8. The zero-order chi connectivity index (χ0) is 27.0. The van der Waals surface area contributed by atoms with Crippen molar-refractivity contribution in [2.24, 2.45) is 0 Å². The van der Waals surface area contributed by atoms with E-state index in [1.807, 2.05) is 30.3 Å². The number of carbonyl (C=O) groups is 1. The number of benzene rings is 2. The van der Waals surface area contributed by atoms with Gasteiger partial charge in [0.15, 0.2) is 0 Å². The lowest BCUT2D eigenvalue weighted by Crippen LogP contribution is -2.42. The zero-order valence-electron chi connectivity index (χ0n) is 21.6. The Hall–Kier alpha value is -3.71. The van der Waals surface area contributed by atoms with E-state index >= 15 is 0 Å². The van der Waals surface area contributed by atoms with Gasteiger partial charge in [-0.1, -0.05) is 23.7 Å². The average molecular weight is 547 g/mol. The van der Waals surface area contributed by atoms with Gasteiger partial charge in [-0.05, 0) is 55.2 Å². The summed E-state index contributed by atoms with van der Waals surface area (Å²) in [5.41, 5.74) is 2.97. The molecule has 3 aromatic rings. The molecule has 0 bridgehead atoms. The molecular weight excluding hydrogens is 516 g/mol. The van der Waals surface area contributed by atoms with Crippen molar-refractivity contribution in [3.63, 3.8) is 0 Å². The minimum Gasteiger partial charge on any atom is -0.474 e. The van der Waals surface area contributed by atoms with Gasteiger partial charge in [0.05, 0.1) is 35.7 Å². The van der Waals surface area contributed by atoms with Crippen LogP contribution in [0.2, 0.25) is 5.02 Å². The van der Waals surface area contributed by atoms with Crippen LogP contribution < -0.4 is 15.4 Å². The second-order valence-corrected chi connectivity index (χ2v) is 10.2. The Morgan fingerprint density at radius 3 is 2.64 bits per heavy atom. The summed E-state index contributed by atoms with van der Waals surface area (Å²) in [5, 5.41) is 16.3. The van der Waals surface area contributed by atoms with Crippen LogP contribution in [0, 0.1) is 11.3 Å². The fourth-order valence-corrected chi connectivity index (χ4v) is 4.73. The Morgan fingerprint density at radius 2 is 1.92 bits per heavy atom. The summed E-state index contributed by atoms with van der Waals surface area (Å²) in [5.74, 6) is 1.14. The fraction of sp³-hybridized carbons (Fsp3) is 0.379. The molecule has 0 spiro atoms. The van der Waals surface area contributed by atoms with Crippen LogP contribution in [0.15, 0.2) is 54.7 Å². The van der Waals surface area contributed by atoms with Gasteiger partial charge >= 0.3 is 0 Å². The molecule has 1 amide bonds. The lowest BCUT2D eigenvalue weighted by atomic mass is 10.1. The molecule has 10 heteroatoms. The maximum atomic E-state index is 12.9. The molecule has 5 rings (SSSR count). The Bertz CT molecular complexity index is 1320. The van der Waals surface area contributed by atoms with Crippen LogP contribution in [0.4, 0.5) is 11.4 Å². The highest BCUT2D eigenvalue weighted by molar-refractivity contribution is 6.30. The molecule has 0 radical (unpaired) electrons. The molecule has 9 nitrogen and oxygen atoms in total. The number of hydrogen-bond donors (Lipinski definition) is 2. The van der Waals surface area contributed by atoms with Gasteiger partial charge in [0.2, 0.25) is 11.8 Å². The summed E-state index contributed by atoms with van der Waals surface area (Å²) in [6.45, 7) is 3.20. The summed E-state index contributed by atoms with van der Waals surface area (Å²) < 4.78 is 11.6. The molecule has 1 unspecified atom stereocenters. The predicted molar refractivity (Wildman–Crippen MR) is 149 cm³/mol. The van der Waals surface area contributed by atoms with Gasteiger partial charge in [-0.2, -0.15) is 10.2 Å². The van der Waals surface area contributed by atoms with E-state index < -0.39 is 0 Å². The number of rotatable bonds is 10. The van der Waals surface area contributed by atoms with E-state index in [4.69, 9.17) is 21.1 Å². The fourth-order valence-electron chi connectivity index (χ4n) is 4.61. The highest BCUT2D eigenvalue weighted by Crippen LogP contribution is 2.25. The third-order valence-corrected chi connectivity index (χ3v) is 7.13. The smallest absolute Gasteiger partial charge is 0.238 e. The molecule has 3 heterocycles. The molecule has 0 aliphatic carbocycles. The summed E-state index contributed by atoms with van der Waals surface area (Å²) in [7, 11) is 0. The molecule has 2 N–H and O–H groups in total. The number of likely N-dealkylation sites (tertiary alicyclic amines) is 1. The largest absolute Gasteiger partial charge is 0.474 e. The highest BCUT2D eigenvalue weighted by Gasteiger charge is 2.23. The first kappa shape index (κ1) is 26.9. The Kier molecular flexibility index (Phi) is 8.89. The standard InChI is InChI=1S/C29H31ClN6O3/c30-22-4-1-20(2-5-22)16-27-32-11-7-29(35-27)39-23-8-12-36(13-9-23)19-28(37)34-26-15-21(17-31)3-6-25(26)33-18-24-10-14-38-24/h1-7,11,15,23-24,33H,8-10,12-14,16,18-19H2,(H,34,37). The van der Waals surface area contributed by atoms with E-state index in [0.717, 1.165) is 50.2 Å². The number of hydrogen-bond acceptors (Lipinski definition) is 8. The van der Waals surface area contributed by atoms with Crippen LogP contribution >= 0.6 is 11.6 Å². The number of nitrogens with one attached hydrogen (secondary N) is 2. The van der Waals surface area contributed by atoms with E-state index in [-0.39, 0.29) is 24.7 Å². The van der Waals surface area contributed by atoms with Crippen molar-refractivity contribution in [1.82, 2.24) is 14.9 Å². The number of halogens is 1. The van der Waals surface area contributed by atoms with Crippen molar-refractivity contribution in [3.8, 4) is 11.9 Å². The molecule has 1 atom stereocenters. The van der Waals surface area contributed by atoms with Gasteiger partial charge in [-0.3, -0.25) is 9.69 Å². The van der Waals surface area contributed by atoms with Crippen molar-refractivity contribution in [2.45, 2.75) is 37.9 Å². The van der Waals surface area contributed by atoms with Gasteiger partial charge in [0.1, 0.15) is 11.9 Å². The van der Waals surface area contributed by atoms with E-state index in [1.54, 1.807) is 24.4 Å². The Balaban J connectivity index is 1.09. The van der Waals surface area contributed by atoms with Gasteiger partial charge in [0, 0.05) is 49.9 Å². The number of ether oxygens (including phenoxy) is 2. The Labute approximate surface area is 233 Å². The maximum absolute atomic E-state index is 12.9. The monoisotopic (exact) mass is 546 g/mol. The average Bonchev–Trinajstić information content (AvgIpc) is 2.91. The number of amides is 1. The van der Waals surface area contributed by atoms with Crippen LogP contribution in [0.5, 0.6) is 5.88 Å². The molecule has 2 aromatic carbocycles. The second kappa shape index (κ2) is 12.9. The van der Waals surface area contributed by atoms with Crippen molar-refractivity contribution in [3.05, 3.63) is 76.7 Å². The lowest BCUT2D eigenvalue weighted by molar-refractivity contribution is -0.117. The van der Waals surface area contributed by atoms with E-state index in [9.17, 15) is 10.1 Å². The molecule has 2 saturated heterocycles. The first-order chi connectivity index (χ1) is 19.0. The molecular formula is C29H31ClN6O3. The van der Waals surface area contributed by atoms with Gasteiger partial charge < -0.3 is 20.1 Å². The number of aromatic nitrogens is 2. The van der Waals surface area contributed by atoms with Crippen molar-refractivity contribution < 1.29 is 14.3 Å². The molecule has 1 aromatic heterocycles. The number of anilines is 2. The Morgan fingerprint density at radius 1 is 1.13 bits per heavy atom. The summed E-state index contributed by atoms with van der Waals surface area (Å²) in [6.07, 6.45) is 5.14. The number of nitrogens with zero attached hydrogens (tertiary/aromatic N) is 4. The molecule has 2 aliphatic rings. The highest BCUT2D eigenvalue weighted by atomic mass is 35.5. The minimum atomic E-state index is -0.116. The normalized spacial score (nSPS) is 17.6. The quantitative estimate of drug-likeness (QED) is 0.387. The zero-order valence-corrected chi connectivity index (χ0v) is 22.4. The minimum absolute atomic E-state index is 0.0273. The number of nitriles is 1. The maximum Gasteiger partial charge on any atom is 0.238 e. The molecule has 0 saturated carbocycles. The van der Waals surface area contributed by atoms with Crippen LogP contribution in [-0.4, -0.2) is 65.8 Å². The third kappa shape index (κ3) is 7.67. The first-order valence-corrected chi connectivity index (χ1v) is 13.6. The van der Waals surface area contributed by atoms with Crippen LogP contribution in [0.25, 0.3) is 0 Å². The molecule has 202 valence electrons. The van der Waals surface area contributed by atoms with Crippen LogP contribution in [0.1, 0.15) is 36.2 Å². The van der Waals surface area contributed by atoms with E-state index in [2.05, 4.69) is 31.6 Å². The lowest BCUT2D eigenvalue weighted by Gasteiger charge is -2.31. The van der Waals surface area contributed by atoms with Crippen molar-refractivity contribution in [1.29, 1.82) is 5.26 Å². The van der Waals surface area contributed by atoms with Crippen LogP contribution in [-0.2, 0) is 16.0 Å². The van der Waals surface area contributed by atoms with Crippen molar-refractivity contribution in [2.75, 3.05) is 43.4 Å². The van der Waals surface area contributed by atoms with Gasteiger partial charge in [-0.25, -0.2) is 4.98 Å². The molecule has 2 fully saturated rings. The summed E-state index contributed by atoms with van der Waals surface area (Å²) >= 11 is 5.97. The predicted octanol–water partition coefficient (Wildman–Crippen LogP) is 4.28. The second-order valence-electron chi connectivity index (χ2n) is 9.79. The number of piperidine rings is 1. The molecule has 39 heavy (non-hydrogen) atoms. The topological polar surface area (TPSA) is 112 Å². The van der Waals surface area contributed by atoms with E-state index in [1.165, 1.54) is 0 Å². The van der Waals surface area contributed by atoms with Crippen LogP contribution in [0.3, 0.4) is 0 Å². The third-order valence-electron chi connectivity index (χ3n) is 6.88. The SMILES string of the molecule is N#Cc1ccc(NCC2CCO2)c(NC(=O)CN2CCC(Oc3ccnc(Cc4ccc(Cl)cc4)n3)CC2)c1. The summed E-state index contributed by atoms with van der Waals surface area (Å²) in [4.78, 5) is 23.9. The molecule has 2 aliphatic heterocycles. The number of carbonyl (C=O) groups excluding carboxylic acids is 1.